The van der Waals surface area contributed by atoms with E-state index in [1.165, 1.54) is 11.3 Å². The van der Waals surface area contributed by atoms with Crippen molar-refractivity contribution >= 4 is 44.2 Å². The molecule has 2 aromatic carbocycles. The summed E-state index contributed by atoms with van der Waals surface area (Å²) in [5, 5.41) is 1.37. The molecule has 0 spiro atoms. The number of hydrogen-bond donors (Lipinski definition) is 2. The number of thiazole rings is 1. The van der Waals surface area contributed by atoms with Gasteiger partial charge in [0.15, 0.2) is 0 Å². The Morgan fingerprint density at radius 3 is 2.72 bits per heavy atom. The second-order valence-corrected chi connectivity index (χ2v) is 6.89. The molecule has 3 rings (SSSR count). The second kappa shape index (κ2) is 8.69. The third-order valence-electron chi connectivity index (χ3n) is 3.48. The smallest absolute Gasteiger partial charge is 0.238 e. The largest absolute Gasteiger partial charge is 0.494 e. The summed E-state index contributed by atoms with van der Waals surface area (Å²) in [6.07, 6.45) is 1.99. The van der Waals surface area contributed by atoms with Crippen LogP contribution in [0.2, 0.25) is 5.02 Å². The number of hydrazine groups is 1. The van der Waals surface area contributed by atoms with Crippen molar-refractivity contribution in [3.8, 4) is 5.75 Å². The van der Waals surface area contributed by atoms with Crippen LogP contribution in [-0.4, -0.2) is 17.5 Å². The van der Waals surface area contributed by atoms with Crippen LogP contribution in [0.15, 0.2) is 48.5 Å². The van der Waals surface area contributed by atoms with E-state index in [2.05, 4.69) is 15.8 Å². The molecule has 3 aromatic rings. The molecule has 2 N–H and O–H groups in total. The number of aromatic nitrogens is 1. The summed E-state index contributed by atoms with van der Waals surface area (Å²) in [6.45, 7) is 0.570. The van der Waals surface area contributed by atoms with Crippen molar-refractivity contribution in [3.05, 3.63) is 53.6 Å². The molecule has 130 valence electrons. The van der Waals surface area contributed by atoms with Crippen LogP contribution < -0.4 is 15.6 Å². The van der Waals surface area contributed by atoms with Crippen molar-refractivity contribution in [3.63, 3.8) is 0 Å². The molecule has 0 saturated carbocycles. The van der Waals surface area contributed by atoms with Crippen molar-refractivity contribution in [1.82, 2.24) is 10.4 Å². The molecule has 1 heterocycles. The fraction of sp³-hybridized carbons (Fsp3) is 0.222. The Balaban J connectivity index is 1.32. The lowest BCUT2D eigenvalue weighted by atomic mass is 10.2. The zero-order valence-electron chi connectivity index (χ0n) is 13.5. The number of amides is 1. The van der Waals surface area contributed by atoms with Crippen LogP contribution in [0.3, 0.4) is 0 Å². The van der Waals surface area contributed by atoms with Gasteiger partial charge in [0.1, 0.15) is 5.75 Å². The van der Waals surface area contributed by atoms with E-state index < -0.39 is 0 Å². The molecule has 0 atom stereocenters. The molecule has 0 radical (unpaired) electrons. The number of hydrogen-bond acceptors (Lipinski definition) is 5. The Bertz CT molecular complexity index is 803. The molecule has 25 heavy (non-hydrogen) atoms. The van der Waals surface area contributed by atoms with Crippen molar-refractivity contribution in [1.29, 1.82) is 0 Å². The summed E-state index contributed by atoms with van der Waals surface area (Å²) >= 11 is 7.32. The van der Waals surface area contributed by atoms with Crippen molar-refractivity contribution < 1.29 is 9.53 Å². The molecule has 0 aliphatic heterocycles. The summed E-state index contributed by atoms with van der Waals surface area (Å²) in [4.78, 5) is 16.2. The molecule has 0 saturated heterocycles. The van der Waals surface area contributed by atoms with E-state index in [4.69, 9.17) is 16.3 Å². The fourth-order valence-electron chi connectivity index (χ4n) is 2.22. The number of nitrogens with zero attached hydrogens (tertiary/aromatic N) is 1. The Labute approximate surface area is 155 Å². The van der Waals surface area contributed by atoms with Gasteiger partial charge in [0.05, 0.1) is 16.8 Å². The summed E-state index contributed by atoms with van der Waals surface area (Å²) in [7, 11) is 0. The van der Waals surface area contributed by atoms with Crippen LogP contribution in [0, 0.1) is 0 Å². The first-order valence-electron chi connectivity index (χ1n) is 7.99. The maximum Gasteiger partial charge on any atom is 0.238 e. The van der Waals surface area contributed by atoms with Gasteiger partial charge < -0.3 is 4.74 Å². The quantitative estimate of drug-likeness (QED) is 0.444. The minimum absolute atomic E-state index is 0.0641. The molecule has 0 aliphatic rings. The maximum atomic E-state index is 11.8. The molecule has 0 unspecified atom stereocenters. The van der Waals surface area contributed by atoms with Gasteiger partial charge in [-0.2, -0.15) is 0 Å². The third kappa shape index (κ3) is 5.34. The first-order chi connectivity index (χ1) is 12.2. The number of unbranched alkanes of at least 4 members (excludes halogenated alkanes) is 1. The molecule has 0 fully saturated rings. The molecule has 0 bridgehead atoms. The topological polar surface area (TPSA) is 63.2 Å². The van der Waals surface area contributed by atoms with Gasteiger partial charge in [-0.15, -0.1) is 0 Å². The zero-order chi connectivity index (χ0) is 17.5. The number of benzene rings is 2. The standard InChI is InChI=1S/C18H18ClN3O2S/c19-13-8-10-14(11-9-13)24-12-4-3-7-17(23)21-22-18-20-15-5-1-2-6-16(15)25-18/h1-2,5-6,8-11H,3-4,7,12H2,(H,20,22)(H,21,23). The first kappa shape index (κ1) is 17.5. The second-order valence-electron chi connectivity index (χ2n) is 5.42. The Morgan fingerprint density at radius 1 is 1.12 bits per heavy atom. The third-order valence-corrected chi connectivity index (χ3v) is 4.69. The van der Waals surface area contributed by atoms with Crippen LogP contribution in [0.4, 0.5) is 5.13 Å². The lowest BCUT2D eigenvalue weighted by Crippen LogP contribution is -2.29. The van der Waals surface area contributed by atoms with Crippen LogP contribution in [0.25, 0.3) is 10.2 Å². The van der Waals surface area contributed by atoms with E-state index in [1.807, 2.05) is 36.4 Å². The lowest BCUT2D eigenvalue weighted by Gasteiger charge is -2.07. The fourth-order valence-corrected chi connectivity index (χ4v) is 3.17. The zero-order valence-corrected chi connectivity index (χ0v) is 15.1. The van der Waals surface area contributed by atoms with Crippen LogP contribution >= 0.6 is 22.9 Å². The molecular weight excluding hydrogens is 358 g/mol. The number of para-hydroxylation sites is 1. The summed E-state index contributed by atoms with van der Waals surface area (Å²) in [6, 6.07) is 15.1. The number of halogens is 1. The normalized spacial score (nSPS) is 10.6. The highest BCUT2D eigenvalue weighted by atomic mass is 35.5. The highest BCUT2D eigenvalue weighted by Gasteiger charge is 2.05. The number of fused-ring (bicyclic) bond motifs is 1. The number of ether oxygens (including phenoxy) is 1. The minimum atomic E-state index is -0.0641. The van der Waals surface area contributed by atoms with Crippen molar-refractivity contribution in [2.24, 2.45) is 0 Å². The molecule has 7 heteroatoms. The van der Waals surface area contributed by atoms with Crippen molar-refractivity contribution in [2.75, 3.05) is 12.0 Å². The van der Waals surface area contributed by atoms with Gasteiger partial charge in [0.25, 0.3) is 0 Å². The molecule has 0 aliphatic carbocycles. The first-order valence-corrected chi connectivity index (χ1v) is 9.19. The average molecular weight is 376 g/mol. The lowest BCUT2D eigenvalue weighted by molar-refractivity contribution is -0.120. The number of anilines is 1. The Morgan fingerprint density at radius 2 is 1.92 bits per heavy atom. The highest BCUT2D eigenvalue weighted by Crippen LogP contribution is 2.24. The highest BCUT2D eigenvalue weighted by molar-refractivity contribution is 7.22. The number of rotatable bonds is 8. The molecule has 1 amide bonds. The average Bonchev–Trinajstić information content (AvgIpc) is 3.04. The van der Waals surface area contributed by atoms with Crippen molar-refractivity contribution in [2.45, 2.75) is 19.3 Å². The Hall–Kier alpha value is -2.31. The van der Waals surface area contributed by atoms with E-state index in [0.717, 1.165) is 28.8 Å². The van der Waals surface area contributed by atoms with Crippen LogP contribution in [0.5, 0.6) is 5.75 Å². The predicted octanol–water partition coefficient (Wildman–Crippen LogP) is 4.64. The molecular formula is C18H18ClN3O2S. The summed E-state index contributed by atoms with van der Waals surface area (Å²) in [5.41, 5.74) is 6.47. The summed E-state index contributed by atoms with van der Waals surface area (Å²) < 4.78 is 6.67. The number of carbonyl (C=O) groups is 1. The van der Waals surface area contributed by atoms with Gasteiger partial charge in [-0.05, 0) is 49.2 Å². The summed E-state index contributed by atoms with van der Waals surface area (Å²) in [5.74, 6) is 0.720. The van der Waals surface area contributed by atoms with Gasteiger partial charge in [-0.1, -0.05) is 35.1 Å². The molecule has 1 aromatic heterocycles. The molecule has 5 nitrogen and oxygen atoms in total. The van der Waals surface area contributed by atoms with E-state index in [-0.39, 0.29) is 5.91 Å². The van der Waals surface area contributed by atoms with E-state index >= 15 is 0 Å². The van der Waals surface area contributed by atoms with Gasteiger partial charge >= 0.3 is 0 Å². The minimum Gasteiger partial charge on any atom is -0.494 e. The van der Waals surface area contributed by atoms with Gasteiger partial charge in [0, 0.05) is 11.4 Å². The number of nitrogens with one attached hydrogen (secondary N) is 2. The SMILES string of the molecule is O=C(CCCCOc1ccc(Cl)cc1)NNc1nc2ccccc2s1. The van der Waals surface area contributed by atoms with Crippen LogP contribution in [0.1, 0.15) is 19.3 Å². The van der Waals surface area contributed by atoms with Gasteiger partial charge in [-0.25, -0.2) is 4.98 Å². The maximum absolute atomic E-state index is 11.8. The van der Waals surface area contributed by atoms with Crippen LogP contribution in [-0.2, 0) is 4.79 Å². The number of carbonyl (C=O) groups excluding carboxylic acids is 1. The van der Waals surface area contributed by atoms with E-state index in [0.29, 0.717) is 23.2 Å². The van der Waals surface area contributed by atoms with E-state index in [1.54, 1.807) is 12.1 Å². The Kier molecular flexibility index (Phi) is 6.09. The van der Waals surface area contributed by atoms with Gasteiger partial charge in [-0.3, -0.25) is 15.6 Å². The predicted molar refractivity (Wildman–Crippen MR) is 102 cm³/mol. The van der Waals surface area contributed by atoms with E-state index in [9.17, 15) is 4.79 Å². The van der Waals surface area contributed by atoms with Gasteiger partial charge in [0.2, 0.25) is 11.0 Å². The monoisotopic (exact) mass is 375 g/mol.